The van der Waals surface area contributed by atoms with Gasteiger partial charge in [-0.3, -0.25) is 0 Å². The smallest absolute Gasteiger partial charge is 0.410 e. The number of ether oxygens (including phenoxy) is 1. The number of hydrogen-bond donors (Lipinski definition) is 1. The lowest BCUT2D eigenvalue weighted by atomic mass is 9.94. The summed E-state index contributed by atoms with van der Waals surface area (Å²) in [5.74, 6) is -0.312. The lowest BCUT2D eigenvalue weighted by molar-refractivity contribution is 0.00475. The molecule has 0 radical (unpaired) electrons. The van der Waals surface area contributed by atoms with Gasteiger partial charge in [-0.1, -0.05) is 13.0 Å². The first-order valence-corrected chi connectivity index (χ1v) is 8.19. The highest BCUT2D eigenvalue weighted by molar-refractivity contribution is 5.69. The Labute approximate surface area is 137 Å². The monoisotopic (exact) mass is 323 g/mol. The first-order valence-electron chi connectivity index (χ1n) is 8.19. The molecule has 1 amide bonds. The van der Waals surface area contributed by atoms with Crippen molar-refractivity contribution in [3.8, 4) is 0 Å². The Morgan fingerprint density at radius 3 is 2.78 bits per heavy atom. The minimum absolute atomic E-state index is 0.312. The number of aliphatic hydroxyl groups is 1. The van der Waals surface area contributed by atoms with Gasteiger partial charge in [-0.05, 0) is 63.3 Å². The van der Waals surface area contributed by atoms with Crippen molar-refractivity contribution in [1.82, 2.24) is 4.90 Å². The van der Waals surface area contributed by atoms with Crippen LogP contribution in [-0.2, 0) is 11.2 Å². The summed E-state index contributed by atoms with van der Waals surface area (Å²) in [6, 6.07) is 4.08. The first-order chi connectivity index (χ1) is 10.7. The minimum atomic E-state index is -0.833. The molecule has 0 spiro atoms. The van der Waals surface area contributed by atoms with E-state index in [4.69, 9.17) is 4.74 Å². The zero-order valence-corrected chi connectivity index (χ0v) is 14.3. The maximum Gasteiger partial charge on any atom is 0.410 e. The lowest BCUT2D eigenvalue weighted by Gasteiger charge is -2.31. The van der Waals surface area contributed by atoms with Crippen LogP contribution < -0.4 is 0 Å². The van der Waals surface area contributed by atoms with E-state index in [-0.39, 0.29) is 11.9 Å². The van der Waals surface area contributed by atoms with Crippen molar-refractivity contribution in [3.63, 3.8) is 0 Å². The molecule has 5 heteroatoms. The van der Waals surface area contributed by atoms with E-state index in [9.17, 15) is 14.3 Å². The second-order valence-electron chi connectivity index (χ2n) is 7.02. The van der Waals surface area contributed by atoms with Crippen LogP contribution >= 0.6 is 0 Å². The maximum atomic E-state index is 13.4. The number of likely N-dealkylation sites (tertiary alicyclic amines) is 1. The predicted molar refractivity (Wildman–Crippen MR) is 86.7 cm³/mol. The molecule has 1 aromatic rings. The highest BCUT2D eigenvalue weighted by atomic mass is 19.1. The number of aliphatic hydroxyl groups excluding tert-OH is 1. The molecule has 1 N–H and O–H groups in total. The van der Waals surface area contributed by atoms with Crippen LogP contribution in [0.2, 0.25) is 0 Å². The Hall–Kier alpha value is -1.62. The van der Waals surface area contributed by atoms with E-state index in [1.807, 2.05) is 27.7 Å². The lowest BCUT2D eigenvalue weighted by Crippen LogP contribution is -2.42. The number of carbonyl (C=O) groups excluding carboxylic acids is 1. The molecule has 1 heterocycles. The number of aryl methyl sites for hydroxylation is 1. The molecule has 0 aliphatic carbocycles. The van der Waals surface area contributed by atoms with E-state index in [2.05, 4.69) is 0 Å². The van der Waals surface area contributed by atoms with E-state index in [0.717, 1.165) is 12.0 Å². The maximum absolute atomic E-state index is 13.4. The quantitative estimate of drug-likeness (QED) is 0.920. The summed E-state index contributed by atoms with van der Waals surface area (Å²) in [7, 11) is 0. The molecule has 0 bridgehead atoms. The van der Waals surface area contributed by atoms with Gasteiger partial charge in [0.25, 0.3) is 0 Å². The third-order valence-electron chi connectivity index (χ3n) is 4.10. The third kappa shape index (κ3) is 4.22. The van der Waals surface area contributed by atoms with Crippen LogP contribution in [0.1, 0.15) is 57.8 Å². The minimum Gasteiger partial charge on any atom is -0.444 e. The molecule has 2 atom stereocenters. The summed E-state index contributed by atoms with van der Waals surface area (Å²) in [6.07, 6.45) is 0.924. The van der Waals surface area contributed by atoms with Gasteiger partial charge in [0.1, 0.15) is 11.4 Å². The number of rotatable bonds is 3. The largest absolute Gasteiger partial charge is 0.444 e. The molecule has 1 fully saturated rings. The van der Waals surface area contributed by atoms with Gasteiger partial charge in [-0.25, -0.2) is 9.18 Å². The van der Waals surface area contributed by atoms with Crippen LogP contribution in [0.15, 0.2) is 18.2 Å². The van der Waals surface area contributed by atoms with Crippen molar-refractivity contribution >= 4 is 6.09 Å². The number of nitrogens with zero attached hydrogens (tertiary/aromatic N) is 1. The molecule has 23 heavy (non-hydrogen) atoms. The molecule has 1 saturated heterocycles. The Balaban J connectivity index is 2.21. The Morgan fingerprint density at radius 1 is 1.48 bits per heavy atom. The summed E-state index contributed by atoms with van der Waals surface area (Å²) in [5.41, 5.74) is 0.891. The van der Waals surface area contributed by atoms with E-state index in [0.29, 0.717) is 24.9 Å². The summed E-state index contributed by atoms with van der Waals surface area (Å²) in [6.45, 7) is 7.95. The average molecular weight is 323 g/mol. The van der Waals surface area contributed by atoms with Gasteiger partial charge >= 0.3 is 6.09 Å². The van der Waals surface area contributed by atoms with Crippen molar-refractivity contribution in [3.05, 3.63) is 35.1 Å². The third-order valence-corrected chi connectivity index (χ3v) is 4.10. The molecule has 1 aliphatic heterocycles. The number of halogens is 1. The predicted octanol–water partition coefficient (Wildman–Crippen LogP) is 3.82. The van der Waals surface area contributed by atoms with Gasteiger partial charge < -0.3 is 14.7 Å². The van der Waals surface area contributed by atoms with Gasteiger partial charge in [0, 0.05) is 6.54 Å². The fraction of sp³-hybridized carbons (Fsp3) is 0.611. The highest BCUT2D eigenvalue weighted by Crippen LogP contribution is 2.32. The molecule has 1 aromatic carbocycles. The SMILES string of the molecule is CCc1cc(F)ccc1C(O)C1CCCN1C(=O)OC(C)(C)C. The zero-order chi connectivity index (χ0) is 17.2. The zero-order valence-electron chi connectivity index (χ0n) is 14.3. The number of benzene rings is 1. The highest BCUT2D eigenvalue weighted by Gasteiger charge is 2.37. The van der Waals surface area contributed by atoms with E-state index in [1.54, 1.807) is 11.0 Å². The summed E-state index contributed by atoms with van der Waals surface area (Å²) in [4.78, 5) is 13.9. The Bertz CT molecular complexity index is 568. The van der Waals surface area contributed by atoms with Crippen molar-refractivity contribution in [2.24, 2.45) is 0 Å². The van der Waals surface area contributed by atoms with Gasteiger partial charge in [-0.15, -0.1) is 0 Å². The van der Waals surface area contributed by atoms with Crippen LogP contribution in [0, 0.1) is 5.82 Å². The van der Waals surface area contributed by atoms with E-state index < -0.39 is 17.8 Å². The average Bonchev–Trinajstić information content (AvgIpc) is 2.94. The molecule has 0 saturated carbocycles. The second kappa shape index (κ2) is 6.87. The van der Waals surface area contributed by atoms with Crippen LogP contribution in [0.3, 0.4) is 0 Å². The molecular formula is C18H26FNO3. The van der Waals surface area contributed by atoms with E-state index in [1.165, 1.54) is 12.1 Å². The second-order valence-corrected chi connectivity index (χ2v) is 7.02. The molecule has 2 unspecified atom stereocenters. The first kappa shape index (κ1) is 17.7. The van der Waals surface area contributed by atoms with Gasteiger partial charge in [-0.2, -0.15) is 0 Å². The van der Waals surface area contributed by atoms with Crippen LogP contribution in [-0.4, -0.2) is 34.3 Å². The molecule has 128 valence electrons. The number of hydrogen-bond acceptors (Lipinski definition) is 3. The fourth-order valence-electron chi connectivity index (χ4n) is 3.04. The number of amides is 1. The molecule has 2 rings (SSSR count). The molecule has 4 nitrogen and oxygen atoms in total. The summed E-state index contributed by atoms with van der Waals surface area (Å²) < 4.78 is 18.8. The van der Waals surface area contributed by atoms with Gasteiger partial charge in [0.2, 0.25) is 0 Å². The standard InChI is InChI=1S/C18H26FNO3/c1-5-12-11-13(19)8-9-14(12)16(21)15-7-6-10-20(15)17(22)23-18(2,3)4/h8-9,11,15-16,21H,5-7,10H2,1-4H3. The Kier molecular flexibility index (Phi) is 5.30. The van der Waals surface area contributed by atoms with Crippen molar-refractivity contribution < 1.29 is 19.0 Å². The summed E-state index contributed by atoms with van der Waals surface area (Å²) in [5, 5.41) is 10.8. The van der Waals surface area contributed by atoms with Crippen molar-refractivity contribution in [1.29, 1.82) is 0 Å². The van der Waals surface area contributed by atoms with Crippen molar-refractivity contribution in [2.75, 3.05) is 6.54 Å². The Morgan fingerprint density at radius 2 is 2.17 bits per heavy atom. The summed E-state index contributed by atoms with van der Waals surface area (Å²) >= 11 is 0. The van der Waals surface area contributed by atoms with Gasteiger partial charge in [0.15, 0.2) is 0 Å². The van der Waals surface area contributed by atoms with Crippen LogP contribution in [0.25, 0.3) is 0 Å². The molecule has 1 aliphatic rings. The fourth-order valence-corrected chi connectivity index (χ4v) is 3.04. The normalized spacial score (nSPS) is 19.7. The van der Waals surface area contributed by atoms with Crippen LogP contribution in [0.4, 0.5) is 9.18 Å². The van der Waals surface area contributed by atoms with Crippen LogP contribution in [0.5, 0.6) is 0 Å². The van der Waals surface area contributed by atoms with E-state index >= 15 is 0 Å². The van der Waals surface area contributed by atoms with Crippen molar-refractivity contribution in [2.45, 2.75) is 64.7 Å². The van der Waals surface area contributed by atoms with Gasteiger partial charge in [0.05, 0.1) is 12.1 Å². The number of carbonyl (C=O) groups is 1. The molecular weight excluding hydrogens is 297 g/mol. The topological polar surface area (TPSA) is 49.8 Å². The molecule has 0 aromatic heterocycles.